The zero-order valence-corrected chi connectivity index (χ0v) is 26.6. The average Bonchev–Trinajstić information content (AvgIpc) is 3.03. The van der Waals surface area contributed by atoms with Gasteiger partial charge in [-0.05, 0) is 86.7 Å². The molecule has 230 valence electrons. The van der Waals surface area contributed by atoms with Gasteiger partial charge in [0.2, 0.25) is 0 Å². The lowest BCUT2D eigenvalue weighted by Crippen LogP contribution is -2.71. The molecule has 2 saturated heterocycles. The Morgan fingerprint density at radius 2 is 1.44 bits per heavy atom. The fraction of sp³-hybridized carbons (Fsp3) is 0.406. The van der Waals surface area contributed by atoms with Crippen LogP contribution in [0.2, 0.25) is 10.0 Å². The van der Waals surface area contributed by atoms with Gasteiger partial charge in [-0.25, -0.2) is 8.42 Å². The summed E-state index contributed by atoms with van der Waals surface area (Å²) in [6, 6.07) is 17.5. The first kappa shape index (κ1) is 31.6. The molecule has 2 aliphatic heterocycles. The second kappa shape index (κ2) is 13.9. The summed E-state index contributed by atoms with van der Waals surface area (Å²) in [4.78, 5) is 18.5. The summed E-state index contributed by atoms with van der Waals surface area (Å²) in [6.07, 6.45) is 7.65. The van der Waals surface area contributed by atoms with Crippen molar-refractivity contribution in [2.75, 3.05) is 30.9 Å². The number of nitrogens with one attached hydrogen (secondary N) is 2. The number of nitrogens with zero attached hydrogens (tertiary/aromatic N) is 2. The number of para-hydroxylation sites is 2. The maximum atomic E-state index is 13.7. The van der Waals surface area contributed by atoms with Gasteiger partial charge in [0, 0.05) is 36.8 Å². The lowest BCUT2D eigenvalue weighted by Gasteiger charge is -2.53. The molecular formula is C32H38Cl2N4O4S. The first-order valence-corrected chi connectivity index (χ1v) is 17.1. The molecule has 0 radical (unpaired) electrons. The molecule has 1 amide bonds. The highest BCUT2D eigenvalue weighted by molar-refractivity contribution is 7.92. The molecule has 0 aromatic heterocycles. The number of anilines is 1. The van der Waals surface area contributed by atoms with E-state index in [2.05, 4.69) is 26.8 Å². The van der Waals surface area contributed by atoms with Gasteiger partial charge < -0.3 is 10.1 Å². The zero-order chi connectivity index (χ0) is 30.5. The van der Waals surface area contributed by atoms with Gasteiger partial charge >= 0.3 is 0 Å². The van der Waals surface area contributed by atoms with E-state index in [0.29, 0.717) is 21.4 Å². The van der Waals surface area contributed by atoms with Crippen molar-refractivity contribution in [3.05, 3.63) is 82.3 Å². The van der Waals surface area contributed by atoms with Crippen molar-refractivity contribution in [1.82, 2.24) is 15.1 Å². The van der Waals surface area contributed by atoms with Gasteiger partial charge in [-0.15, -0.1) is 0 Å². The minimum atomic E-state index is -3.99. The third kappa shape index (κ3) is 7.29. The van der Waals surface area contributed by atoms with Crippen LogP contribution in [0.1, 0.15) is 62.2 Å². The molecule has 5 rings (SSSR count). The van der Waals surface area contributed by atoms with E-state index in [1.165, 1.54) is 25.0 Å². The Kier molecular flexibility index (Phi) is 10.2. The number of carbonyl (C=O) groups excluding carboxylic acids is 1. The Balaban J connectivity index is 1.33. The maximum Gasteiger partial charge on any atom is 0.262 e. The van der Waals surface area contributed by atoms with Crippen LogP contribution in [0.5, 0.6) is 11.5 Å². The van der Waals surface area contributed by atoms with Crippen molar-refractivity contribution in [3.63, 3.8) is 0 Å². The predicted molar refractivity (Wildman–Crippen MR) is 172 cm³/mol. The van der Waals surface area contributed by atoms with Crippen molar-refractivity contribution in [3.8, 4) is 11.5 Å². The van der Waals surface area contributed by atoms with E-state index in [9.17, 15) is 13.2 Å². The van der Waals surface area contributed by atoms with Gasteiger partial charge in [0.25, 0.3) is 15.9 Å². The molecule has 3 aromatic carbocycles. The summed E-state index contributed by atoms with van der Waals surface area (Å²) in [5.74, 6) is -0.155. The number of ether oxygens (including phenoxy) is 1. The number of sulfonamides is 1. The number of hydrogen-bond acceptors (Lipinski definition) is 6. The summed E-state index contributed by atoms with van der Waals surface area (Å²) in [5, 5.41) is 4.14. The summed E-state index contributed by atoms with van der Waals surface area (Å²) < 4.78 is 35.2. The zero-order valence-electron chi connectivity index (χ0n) is 24.3. The van der Waals surface area contributed by atoms with Crippen molar-refractivity contribution in [2.24, 2.45) is 0 Å². The number of likely N-dealkylation sites (tertiary alicyclic amines) is 2. The summed E-state index contributed by atoms with van der Waals surface area (Å²) in [6.45, 7) is 5.92. The number of amides is 1. The van der Waals surface area contributed by atoms with E-state index in [-0.39, 0.29) is 22.2 Å². The van der Waals surface area contributed by atoms with Crippen LogP contribution in [0.3, 0.4) is 0 Å². The van der Waals surface area contributed by atoms with E-state index < -0.39 is 15.8 Å². The standard InChI is InChI=1S/C32H38Cl2N4O4S/c1-2-32(37-19-7-3-8-20-37,38-21-9-4-10-22-38)35-31(39)24-13-16-26(17-14-24)43(40,41)36-28-11-5-6-12-30(28)42-29-18-15-25(33)23-27(29)34/h5-6,11-18,23,36H,2-4,7-10,19-22H2,1H3,(H,35,39). The average molecular weight is 646 g/mol. The number of hydrogen-bond donors (Lipinski definition) is 2. The van der Waals surface area contributed by atoms with Crippen LogP contribution in [-0.4, -0.2) is 56.1 Å². The Hall–Kier alpha value is -2.82. The lowest BCUT2D eigenvalue weighted by molar-refractivity contribution is -0.0970. The van der Waals surface area contributed by atoms with Gasteiger partial charge in [-0.1, -0.05) is 55.1 Å². The van der Waals surface area contributed by atoms with Gasteiger partial charge in [0.1, 0.15) is 5.75 Å². The summed E-state index contributed by atoms with van der Waals surface area (Å²) >= 11 is 12.2. The highest BCUT2D eigenvalue weighted by Crippen LogP contribution is 2.36. The maximum absolute atomic E-state index is 13.7. The number of benzene rings is 3. The molecule has 0 aliphatic carbocycles. The van der Waals surface area contributed by atoms with E-state index in [1.807, 2.05) is 0 Å². The van der Waals surface area contributed by atoms with E-state index in [4.69, 9.17) is 27.9 Å². The number of halogens is 2. The fourth-order valence-electron chi connectivity index (χ4n) is 5.98. The molecule has 2 heterocycles. The van der Waals surface area contributed by atoms with Crippen molar-refractivity contribution >= 4 is 44.8 Å². The second-order valence-corrected chi connectivity index (χ2v) is 13.5. The largest absolute Gasteiger partial charge is 0.454 e. The topological polar surface area (TPSA) is 91.0 Å². The molecule has 0 bridgehead atoms. The van der Waals surface area contributed by atoms with Crippen LogP contribution in [-0.2, 0) is 10.0 Å². The summed E-state index contributed by atoms with van der Waals surface area (Å²) in [5.41, 5.74) is 0.651. The van der Waals surface area contributed by atoms with Crippen LogP contribution >= 0.6 is 23.2 Å². The Morgan fingerprint density at radius 3 is 2.02 bits per heavy atom. The first-order chi connectivity index (χ1) is 20.7. The molecule has 0 atom stereocenters. The molecule has 3 aromatic rings. The molecule has 8 nitrogen and oxygen atoms in total. The molecule has 2 aliphatic rings. The van der Waals surface area contributed by atoms with Gasteiger partial charge in [0.05, 0.1) is 15.6 Å². The third-order valence-corrected chi connectivity index (χ3v) is 10.1. The van der Waals surface area contributed by atoms with Crippen LogP contribution in [0.15, 0.2) is 71.6 Å². The molecular weight excluding hydrogens is 607 g/mol. The SMILES string of the molecule is CCC(NC(=O)c1ccc(S(=O)(=O)Nc2ccccc2Oc2ccc(Cl)cc2Cl)cc1)(N1CCCCC1)N1CCCCC1. The van der Waals surface area contributed by atoms with E-state index in [1.54, 1.807) is 54.6 Å². The third-order valence-electron chi connectivity index (χ3n) is 8.24. The van der Waals surface area contributed by atoms with E-state index >= 15 is 0 Å². The van der Waals surface area contributed by atoms with Crippen LogP contribution in [0.25, 0.3) is 0 Å². The van der Waals surface area contributed by atoms with Gasteiger partial charge in [0.15, 0.2) is 11.5 Å². The highest BCUT2D eigenvalue weighted by Gasteiger charge is 2.43. The number of rotatable bonds is 10. The Bertz CT molecular complexity index is 1500. The number of carbonyl (C=O) groups is 1. The van der Waals surface area contributed by atoms with Crippen molar-refractivity contribution < 1.29 is 17.9 Å². The quantitative estimate of drug-likeness (QED) is 0.240. The minimum absolute atomic E-state index is 0.0252. The smallest absolute Gasteiger partial charge is 0.262 e. The fourth-order valence-corrected chi connectivity index (χ4v) is 7.50. The molecule has 43 heavy (non-hydrogen) atoms. The summed E-state index contributed by atoms with van der Waals surface area (Å²) in [7, 11) is -3.99. The second-order valence-electron chi connectivity index (χ2n) is 11.0. The van der Waals surface area contributed by atoms with Crippen LogP contribution < -0.4 is 14.8 Å². The van der Waals surface area contributed by atoms with Crippen LogP contribution in [0, 0.1) is 0 Å². The van der Waals surface area contributed by atoms with Crippen molar-refractivity contribution in [2.45, 2.75) is 62.6 Å². The van der Waals surface area contributed by atoms with Gasteiger partial charge in [-0.2, -0.15) is 0 Å². The minimum Gasteiger partial charge on any atom is -0.454 e. The Labute approximate surface area is 264 Å². The molecule has 0 saturated carbocycles. The van der Waals surface area contributed by atoms with Gasteiger partial charge in [-0.3, -0.25) is 19.3 Å². The normalized spacial score (nSPS) is 16.9. The number of piperidine rings is 2. The van der Waals surface area contributed by atoms with Crippen LogP contribution in [0.4, 0.5) is 5.69 Å². The highest BCUT2D eigenvalue weighted by atomic mass is 35.5. The molecule has 0 unspecified atom stereocenters. The van der Waals surface area contributed by atoms with E-state index in [0.717, 1.165) is 58.3 Å². The molecule has 2 N–H and O–H groups in total. The lowest BCUT2D eigenvalue weighted by atomic mass is 10.0. The predicted octanol–water partition coefficient (Wildman–Crippen LogP) is 7.35. The Morgan fingerprint density at radius 1 is 0.837 bits per heavy atom. The monoisotopic (exact) mass is 644 g/mol. The van der Waals surface area contributed by atoms with Crippen molar-refractivity contribution in [1.29, 1.82) is 0 Å². The molecule has 2 fully saturated rings. The molecule has 11 heteroatoms. The molecule has 0 spiro atoms. The first-order valence-electron chi connectivity index (χ1n) is 14.9.